The number of hydrogen-bond donors (Lipinski definition) is 0. The third kappa shape index (κ3) is 2.77. The summed E-state index contributed by atoms with van der Waals surface area (Å²) in [4.78, 5) is 0.722. The predicted molar refractivity (Wildman–Crippen MR) is 73.9 cm³/mol. The molecule has 0 fully saturated rings. The quantitative estimate of drug-likeness (QED) is 0.595. The van der Waals surface area contributed by atoms with Gasteiger partial charge in [-0.25, -0.2) is 8.78 Å². The standard InChI is InChI=1S/C12H8Br2F2S/c1-6-4-7(9(16)5-8(6)15)12(14)10-2-3-11(13)17-10/h2-5,12H,1H3. The summed E-state index contributed by atoms with van der Waals surface area (Å²) in [6, 6.07) is 6.29. The molecule has 17 heavy (non-hydrogen) atoms. The normalized spacial score (nSPS) is 12.8. The molecule has 1 aromatic carbocycles. The largest absolute Gasteiger partial charge is 0.207 e. The second-order valence-electron chi connectivity index (χ2n) is 3.63. The maximum atomic E-state index is 13.7. The van der Waals surface area contributed by atoms with Crippen LogP contribution >= 0.6 is 43.2 Å². The van der Waals surface area contributed by atoms with Crippen molar-refractivity contribution in [3.8, 4) is 0 Å². The van der Waals surface area contributed by atoms with E-state index in [0.717, 1.165) is 14.7 Å². The zero-order valence-corrected chi connectivity index (χ0v) is 12.8. The lowest BCUT2D eigenvalue weighted by Crippen LogP contribution is -1.97. The molecule has 0 saturated heterocycles. The number of benzene rings is 1. The van der Waals surface area contributed by atoms with Crippen molar-refractivity contribution in [1.82, 2.24) is 0 Å². The fourth-order valence-corrected chi connectivity index (χ4v) is 3.70. The first kappa shape index (κ1) is 13.2. The van der Waals surface area contributed by atoms with E-state index in [1.807, 2.05) is 12.1 Å². The van der Waals surface area contributed by atoms with E-state index in [2.05, 4.69) is 31.9 Å². The highest BCUT2D eigenvalue weighted by Crippen LogP contribution is 2.38. The van der Waals surface area contributed by atoms with Gasteiger partial charge in [0.25, 0.3) is 0 Å². The topological polar surface area (TPSA) is 0 Å². The molecule has 1 unspecified atom stereocenters. The minimum absolute atomic E-state index is 0.252. The third-order valence-corrected chi connectivity index (χ3v) is 5.37. The Morgan fingerprint density at radius 3 is 2.47 bits per heavy atom. The van der Waals surface area contributed by atoms with Gasteiger partial charge in [-0.15, -0.1) is 11.3 Å². The maximum absolute atomic E-state index is 13.7. The second kappa shape index (κ2) is 5.16. The van der Waals surface area contributed by atoms with Crippen LogP contribution in [0.4, 0.5) is 8.78 Å². The van der Waals surface area contributed by atoms with Gasteiger partial charge < -0.3 is 0 Å². The van der Waals surface area contributed by atoms with Crippen LogP contribution < -0.4 is 0 Å². The average molecular weight is 382 g/mol. The van der Waals surface area contributed by atoms with E-state index in [4.69, 9.17) is 0 Å². The monoisotopic (exact) mass is 380 g/mol. The van der Waals surface area contributed by atoms with Crippen LogP contribution in [0, 0.1) is 18.6 Å². The molecule has 0 aliphatic heterocycles. The molecule has 1 atom stereocenters. The smallest absolute Gasteiger partial charge is 0.130 e. The van der Waals surface area contributed by atoms with Gasteiger partial charge in [0.1, 0.15) is 11.6 Å². The molecule has 0 saturated carbocycles. The molecule has 0 spiro atoms. The van der Waals surface area contributed by atoms with E-state index in [1.54, 1.807) is 6.92 Å². The Labute approximate surface area is 119 Å². The van der Waals surface area contributed by atoms with Crippen molar-refractivity contribution in [3.63, 3.8) is 0 Å². The lowest BCUT2D eigenvalue weighted by atomic mass is 10.1. The van der Waals surface area contributed by atoms with Crippen LogP contribution in [0.3, 0.4) is 0 Å². The van der Waals surface area contributed by atoms with E-state index >= 15 is 0 Å². The number of alkyl halides is 1. The molecular weight excluding hydrogens is 374 g/mol. The van der Waals surface area contributed by atoms with Crippen LogP contribution in [-0.2, 0) is 0 Å². The maximum Gasteiger partial charge on any atom is 0.130 e. The molecule has 0 N–H and O–H groups in total. The Hall–Kier alpha value is -0.260. The average Bonchev–Trinajstić information content (AvgIpc) is 2.69. The first-order valence-corrected chi connectivity index (χ1v) is 7.36. The van der Waals surface area contributed by atoms with Crippen molar-refractivity contribution in [3.05, 3.63) is 55.7 Å². The van der Waals surface area contributed by atoms with Gasteiger partial charge >= 0.3 is 0 Å². The summed E-state index contributed by atoms with van der Waals surface area (Å²) in [5, 5.41) is 0. The van der Waals surface area contributed by atoms with Gasteiger partial charge in [0, 0.05) is 16.5 Å². The van der Waals surface area contributed by atoms with Gasteiger partial charge in [0.2, 0.25) is 0 Å². The summed E-state index contributed by atoms with van der Waals surface area (Å²) in [5.41, 5.74) is 0.903. The van der Waals surface area contributed by atoms with E-state index in [1.165, 1.54) is 17.4 Å². The first-order chi connectivity index (χ1) is 7.99. The second-order valence-corrected chi connectivity index (χ2v) is 7.04. The van der Waals surface area contributed by atoms with Crippen LogP contribution in [0.2, 0.25) is 0 Å². The van der Waals surface area contributed by atoms with Crippen molar-refractivity contribution < 1.29 is 8.78 Å². The van der Waals surface area contributed by atoms with Crippen LogP contribution in [0.25, 0.3) is 0 Å². The molecule has 1 heterocycles. The van der Waals surface area contributed by atoms with Crippen LogP contribution in [0.1, 0.15) is 20.8 Å². The summed E-state index contributed by atoms with van der Waals surface area (Å²) in [6.45, 7) is 1.63. The van der Waals surface area contributed by atoms with Crippen molar-refractivity contribution in [2.75, 3.05) is 0 Å². The highest BCUT2D eigenvalue weighted by Gasteiger charge is 2.18. The van der Waals surface area contributed by atoms with Crippen LogP contribution in [0.5, 0.6) is 0 Å². The van der Waals surface area contributed by atoms with Crippen molar-refractivity contribution in [2.45, 2.75) is 11.8 Å². The molecule has 0 radical (unpaired) electrons. The van der Waals surface area contributed by atoms with Gasteiger partial charge in [0.15, 0.2) is 0 Å². The van der Waals surface area contributed by atoms with Crippen molar-refractivity contribution in [1.29, 1.82) is 0 Å². The molecule has 1 aromatic heterocycles. The highest BCUT2D eigenvalue weighted by atomic mass is 79.9. The lowest BCUT2D eigenvalue weighted by Gasteiger charge is -2.10. The zero-order valence-electron chi connectivity index (χ0n) is 8.81. The Bertz CT molecular complexity index is 551. The summed E-state index contributed by atoms with van der Waals surface area (Å²) < 4.78 is 27.8. The number of hydrogen-bond acceptors (Lipinski definition) is 1. The molecular formula is C12H8Br2F2S. The van der Waals surface area contributed by atoms with E-state index in [0.29, 0.717) is 11.1 Å². The number of rotatable bonds is 2. The summed E-state index contributed by atoms with van der Waals surface area (Å²) in [6.07, 6.45) is 0. The lowest BCUT2D eigenvalue weighted by molar-refractivity contribution is 0.569. The molecule has 0 amide bonds. The van der Waals surface area contributed by atoms with E-state index in [-0.39, 0.29) is 4.83 Å². The molecule has 0 aliphatic rings. The SMILES string of the molecule is Cc1cc(C(Br)c2ccc(Br)s2)c(F)cc1F. The van der Waals surface area contributed by atoms with Gasteiger partial charge in [-0.05, 0) is 46.6 Å². The van der Waals surface area contributed by atoms with Crippen molar-refractivity contribution >= 4 is 43.2 Å². The highest BCUT2D eigenvalue weighted by molar-refractivity contribution is 9.11. The van der Waals surface area contributed by atoms with Gasteiger partial charge in [-0.2, -0.15) is 0 Å². The molecule has 2 aromatic rings. The fraction of sp³-hybridized carbons (Fsp3) is 0.167. The first-order valence-electron chi connectivity index (χ1n) is 4.84. The fourth-order valence-electron chi connectivity index (χ4n) is 1.49. The van der Waals surface area contributed by atoms with Crippen LogP contribution in [0.15, 0.2) is 28.1 Å². The Morgan fingerprint density at radius 1 is 1.18 bits per heavy atom. The van der Waals surface area contributed by atoms with Gasteiger partial charge in [-0.1, -0.05) is 15.9 Å². The third-order valence-electron chi connectivity index (χ3n) is 2.39. The Balaban J connectivity index is 2.43. The number of halogens is 4. The summed E-state index contributed by atoms with van der Waals surface area (Å²) in [7, 11) is 0. The minimum Gasteiger partial charge on any atom is -0.207 e. The summed E-state index contributed by atoms with van der Waals surface area (Å²) >= 11 is 8.32. The Morgan fingerprint density at radius 2 is 1.88 bits per heavy atom. The number of aryl methyl sites for hydroxylation is 1. The van der Waals surface area contributed by atoms with Crippen LogP contribution in [-0.4, -0.2) is 0 Å². The van der Waals surface area contributed by atoms with Gasteiger partial charge in [-0.3, -0.25) is 0 Å². The molecule has 0 nitrogen and oxygen atoms in total. The molecule has 2 rings (SSSR count). The Kier molecular flexibility index (Phi) is 4.00. The molecule has 0 bridgehead atoms. The van der Waals surface area contributed by atoms with E-state index < -0.39 is 11.6 Å². The molecule has 5 heteroatoms. The predicted octanol–water partition coefficient (Wildman–Crippen LogP) is 5.58. The van der Waals surface area contributed by atoms with Gasteiger partial charge in [0.05, 0.1) is 8.61 Å². The van der Waals surface area contributed by atoms with E-state index in [9.17, 15) is 8.78 Å². The zero-order chi connectivity index (χ0) is 12.6. The number of thiophene rings is 1. The molecule has 0 aliphatic carbocycles. The molecule has 90 valence electrons. The van der Waals surface area contributed by atoms with Crippen molar-refractivity contribution in [2.24, 2.45) is 0 Å². The summed E-state index contributed by atoms with van der Waals surface area (Å²) in [5.74, 6) is -1.04. The minimum atomic E-state index is -0.528.